The Labute approximate surface area is 133 Å². The Hall–Kier alpha value is -1.39. The lowest BCUT2D eigenvalue weighted by Gasteiger charge is -2.26. The number of carbonyl (C=O) groups excluding carboxylic acids is 1. The normalized spacial score (nSPS) is 22.6. The average molecular weight is 301 g/mol. The monoisotopic (exact) mass is 301 g/mol. The van der Waals surface area contributed by atoms with Gasteiger partial charge in [-0.3, -0.25) is 9.69 Å². The quantitative estimate of drug-likeness (QED) is 0.875. The molecule has 3 rings (SSSR count). The summed E-state index contributed by atoms with van der Waals surface area (Å²) in [6, 6.07) is 8.69. The molecule has 0 spiro atoms. The number of hydrogen-bond acceptors (Lipinski definition) is 3. The molecule has 2 fully saturated rings. The fraction of sp³-hybridized carbons (Fsp3) is 0.611. The van der Waals surface area contributed by atoms with Gasteiger partial charge < -0.3 is 10.6 Å². The molecule has 0 radical (unpaired) electrons. The molecule has 2 saturated heterocycles. The van der Waals surface area contributed by atoms with Crippen molar-refractivity contribution in [1.29, 1.82) is 0 Å². The van der Waals surface area contributed by atoms with Gasteiger partial charge in [-0.15, -0.1) is 0 Å². The molecular formula is C18H27N3O. The second-order valence-electron chi connectivity index (χ2n) is 6.52. The van der Waals surface area contributed by atoms with E-state index in [1.807, 2.05) is 0 Å². The molecule has 0 saturated carbocycles. The molecule has 1 aromatic rings. The summed E-state index contributed by atoms with van der Waals surface area (Å²) in [5, 5.41) is 6.26. The highest BCUT2D eigenvalue weighted by Gasteiger charge is 2.21. The first-order chi connectivity index (χ1) is 10.8. The Kier molecular flexibility index (Phi) is 5.46. The molecule has 1 atom stereocenters. The smallest absolute Gasteiger partial charge is 0.237 e. The maximum Gasteiger partial charge on any atom is 0.237 e. The van der Waals surface area contributed by atoms with Crippen LogP contribution in [-0.4, -0.2) is 36.5 Å². The van der Waals surface area contributed by atoms with E-state index >= 15 is 0 Å². The third kappa shape index (κ3) is 4.31. The number of amides is 1. The van der Waals surface area contributed by atoms with Crippen LogP contribution in [0.15, 0.2) is 24.3 Å². The zero-order valence-electron chi connectivity index (χ0n) is 13.3. The lowest BCUT2D eigenvalue weighted by molar-refractivity contribution is -0.122. The van der Waals surface area contributed by atoms with E-state index in [1.165, 1.54) is 43.5 Å². The number of piperidine rings is 1. The molecule has 1 unspecified atom stereocenters. The zero-order chi connectivity index (χ0) is 15.2. The Morgan fingerprint density at radius 2 is 1.82 bits per heavy atom. The molecule has 4 nitrogen and oxygen atoms in total. The van der Waals surface area contributed by atoms with Crippen LogP contribution in [0.3, 0.4) is 0 Å². The lowest BCUT2D eigenvalue weighted by atomic mass is 10.1. The SMILES string of the molecule is O=C(NCc1ccc(CN2CCCCC2)cc1)C1CCCN1. The lowest BCUT2D eigenvalue weighted by Crippen LogP contribution is -2.39. The molecule has 0 bridgehead atoms. The van der Waals surface area contributed by atoms with Crippen LogP contribution < -0.4 is 10.6 Å². The highest BCUT2D eigenvalue weighted by atomic mass is 16.2. The number of benzene rings is 1. The molecule has 1 aromatic carbocycles. The van der Waals surface area contributed by atoms with Crippen molar-refractivity contribution in [1.82, 2.24) is 15.5 Å². The van der Waals surface area contributed by atoms with Gasteiger partial charge >= 0.3 is 0 Å². The summed E-state index contributed by atoms with van der Waals surface area (Å²) in [6.45, 7) is 5.10. The van der Waals surface area contributed by atoms with Gasteiger partial charge in [-0.05, 0) is 56.4 Å². The van der Waals surface area contributed by atoms with E-state index in [9.17, 15) is 4.79 Å². The van der Waals surface area contributed by atoms with Gasteiger partial charge in [0.2, 0.25) is 5.91 Å². The molecule has 4 heteroatoms. The fourth-order valence-electron chi connectivity index (χ4n) is 3.36. The topological polar surface area (TPSA) is 44.4 Å². The van der Waals surface area contributed by atoms with Crippen LogP contribution in [0.2, 0.25) is 0 Å². The van der Waals surface area contributed by atoms with E-state index in [0.717, 1.165) is 25.9 Å². The molecule has 2 aliphatic rings. The molecule has 2 heterocycles. The number of likely N-dealkylation sites (tertiary alicyclic amines) is 1. The summed E-state index contributed by atoms with van der Waals surface area (Å²) < 4.78 is 0. The third-order valence-electron chi connectivity index (χ3n) is 4.72. The molecule has 2 N–H and O–H groups in total. The summed E-state index contributed by atoms with van der Waals surface area (Å²) in [5.74, 6) is 0.134. The fourth-order valence-corrected chi connectivity index (χ4v) is 3.36. The van der Waals surface area contributed by atoms with Crippen LogP contribution in [-0.2, 0) is 17.9 Å². The highest BCUT2D eigenvalue weighted by Crippen LogP contribution is 2.13. The summed E-state index contributed by atoms with van der Waals surface area (Å²) in [5.41, 5.74) is 2.54. The van der Waals surface area contributed by atoms with Crippen molar-refractivity contribution in [2.75, 3.05) is 19.6 Å². The molecule has 22 heavy (non-hydrogen) atoms. The number of nitrogens with zero attached hydrogens (tertiary/aromatic N) is 1. The number of rotatable bonds is 5. The Balaban J connectivity index is 1.45. The molecule has 0 aliphatic carbocycles. The van der Waals surface area contributed by atoms with E-state index in [2.05, 4.69) is 39.8 Å². The predicted octanol–water partition coefficient (Wildman–Crippen LogP) is 2.04. The van der Waals surface area contributed by atoms with Crippen LogP contribution in [0, 0.1) is 0 Å². The third-order valence-corrected chi connectivity index (χ3v) is 4.72. The Morgan fingerprint density at radius 1 is 1.09 bits per heavy atom. The standard InChI is InChI=1S/C18H27N3O/c22-18(17-5-4-10-19-17)20-13-15-6-8-16(9-7-15)14-21-11-2-1-3-12-21/h6-9,17,19H,1-5,10-14H2,(H,20,22). The number of nitrogens with one attached hydrogen (secondary N) is 2. The van der Waals surface area contributed by atoms with Crippen molar-refractivity contribution in [2.45, 2.75) is 51.2 Å². The molecule has 120 valence electrons. The summed E-state index contributed by atoms with van der Waals surface area (Å²) in [7, 11) is 0. The Morgan fingerprint density at radius 3 is 2.50 bits per heavy atom. The van der Waals surface area contributed by atoms with E-state index < -0.39 is 0 Å². The minimum Gasteiger partial charge on any atom is -0.351 e. The van der Waals surface area contributed by atoms with Crippen molar-refractivity contribution in [3.05, 3.63) is 35.4 Å². The van der Waals surface area contributed by atoms with Gasteiger partial charge in [0.25, 0.3) is 0 Å². The van der Waals surface area contributed by atoms with Gasteiger partial charge in [0, 0.05) is 13.1 Å². The van der Waals surface area contributed by atoms with Gasteiger partial charge in [-0.2, -0.15) is 0 Å². The van der Waals surface area contributed by atoms with Gasteiger partial charge in [-0.25, -0.2) is 0 Å². The largest absolute Gasteiger partial charge is 0.351 e. The van der Waals surface area contributed by atoms with Gasteiger partial charge in [-0.1, -0.05) is 30.7 Å². The van der Waals surface area contributed by atoms with E-state index in [4.69, 9.17) is 0 Å². The molecular weight excluding hydrogens is 274 g/mol. The van der Waals surface area contributed by atoms with Crippen LogP contribution in [0.4, 0.5) is 0 Å². The van der Waals surface area contributed by atoms with Crippen molar-refractivity contribution >= 4 is 5.91 Å². The van der Waals surface area contributed by atoms with Crippen molar-refractivity contribution in [3.63, 3.8) is 0 Å². The first kappa shape index (κ1) is 15.5. The van der Waals surface area contributed by atoms with Crippen LogP contribution in [0.25, 0.3) is 0 Å². The average Bonchev–Trinajstić information content (AvgIpc) is 3.09. The first-order valence-electron chi connectivity index (χ1n) is 8.62. The highest BCUT2D eigenvalue weighted by molar-refractivity contribution is 5.81. The molecule has 2 aliphatic heterocycles. The first-order valence-corrected chi connectivity index (χ1v) is 8.62. The minimum atomic E-state index is 0.0124. The van der Waals surface area contributed by atoms with Crippen molar-refractivity contribution < 1.29 is 4.79 Å². The van der Waals surface area contributed by atoms with Gasteiger partial charge in [0.05, 0.1) is 6.04 Å². The predicted molar refractivity (Wildman–Crippen MR) is 88.4 cm³/mol. The zero-order valence-corrected chi connectivity index (χ0v) is 13.3. The number of carbonyl (C=O) groups is 1. The summed E-state index contributed by atoms with van der Waals surface area (Å²) in [4.78, 5) is 14.5. The maximum absolute atomic E-state index is 12.0. The number of hydrogen-bond donors (Lipinski definition) is 2. The Bertz CT molecular complexity index is 474. The van der Waals surface area contributed by atoms with E-state index in [0.29, 0.717) is 6.54 Å². The second kappa shape index (κ2) is 7.75. The van der Waals surface area contributed by atoms with Crippen molar-refractivity contribution in [2.24, 2.45) is 0 Å². The summed E-state index contributed by atoms with van der Waals surface area (Å²) >= 11 is 0. The second-order valence-corrected chi connectivity index (χ2v) is 6.52. The van der Waals surface area contributed by atoms with Crippen LogP contribution >= 0.6 is 0 Å². The molecule has 1 amide bonds. The van der Waals surface area contributed by atoms with E-state index in [-0.39, 0.29) is 11.9 Å². The van der Waals surface area contributed by atoms with Gasteiger partial charge in [0.15, 0.2) is 0 Å². The molecule has 0 aromatic heterocycles. The van der Waals surface area contributed by atoms with Crippen LogP contribution in [0.5, 0.6) is 0 Å². The van der Waals surface area contributed by atoms with Gasteiger partial charge in [0.1, 0.15) is 0 Å². The van der Waals surface area contributed by atoms with Crippen LogP contribution in [0.1, 0.15) is 43.2 Å². The maximum atomic E-state index is 12.0. The van der Waals surface area contributed by atoms with Crippen molar-refractivity contribution in [3.8, 4) is 0 Å². The minimum absolute atomic E-state index is 0.0124. The summed E-state index contributed by atoms with van der Waals surface area (Å²) in [6.07, 6.45) is 6.10. The van der Waals surface area contributed by atoms with E-state index in [1.54, 1.807) is 0 Å².